The lowest BCUT2D eigenvalue weighted by molar-refractivity contribution is 0.283. The Balaban J connectivity index is 2.81. The molecule has 4 heteroatoms. The van der Waals surface area contributed by atoms with Crippen LogP contribution in [0.3, 0.4) is 0 Å². The zero-order valence-electron chi connectivity index (χ0n) is 7.78. The molecule has 14 heavy (non-hydrogen) atoms. The average Bonchev–Trinajstić information content (AvgIpc) is 2.65. The van der Waals surface area contributed by atoms with Gasteiger partial charge >= 0.3 is 0 Å². The zero-order valence-corrected chi connectivity index (χ0v) is 9.41. The van der Waals surface area contributed by atoms with Gasteiger partial charge in [0.25, 0.3) is 0 Å². The number of hydrogen-bond donors (Lipinski definition) is 2. The van der Waals surface area contributed by atoms with Crippen LogP contribution in [0.4, 0.5) is 5.69 Å². The van der Waals surface area contributed by atoms with Gasteiger partial charge in [-0.1, -0.05) is 0 Å². The lowest BCUT2D eigenvalue weighted by Gasteiger charge is -2.07. The summed E-state index contributed by atoms with van der Waals surface area (Å²) in [6.07, 6.45) is 2.02. The lowest BCUT2D eigenvalue weighted by atomic mass is 10.1. The van der Waals surface area contributed by atoms with Crippen LogP contribution in [0.5, 0.6) is 0 Å². The van der Waals surface area contributed by atoms with Crippen molar-refractivity contribution in [1.82, 2.24) is 0 Å². The number of benzene rings is 1. The highest BCUT2D eigenvalue weighted by Crippen LogP contribution is 2.37. The van der Waals surface area contributed by atoms with Crippen LogP contribution in [-0.4, -0.2) is 11.4 Å². The van der Waals surface area contributed by atoms with Crippen molar-refractivity contribution in [3.05, 3.63) is 23.1 Å². The van der Waals surface area contributed by atoms with Crippen molar-refractivity contribution in [3.63, 3.8) is 0 Å². The van der Waals surface area contributed by atoms with Crippen LogP contribution >= 0.6 is 23.1 Å². The minimum atomic E-state index is 0.0477. The molecule has 74 valence electrons. The van der Waals surface area contributed by atoms with E-state index in [1.807, 2.05) is 23.8 Å². The number of hydrogen-bond acceptors (Lipinski definition) is 4. The summed E-state index contributed by atoms with van der Waals surface area (Å²) in [5.74, 6) is 0. The number of aliphatic hydroxyl groups excluding tert-OH is 1. The number of nitrogen functional groups attached to an aromatic ring is 1. The van der Waals surface area contributed by atoms with E-state index < -0.39 is 0 Å². The predicted octanol–water partition coefficient (Wildman–Crippen LogP) is 2.70. The molecule has 2 nitrogen and oxygen atoms in total. The molecule has 0 aliphatic heterocycles. The van der Waals surface area contributed by atoms with E-state index in [-0.39, 0.29) is 6.61 Å². The molecule has 0 fully saturated rings. The summed E-state index contributed by atoms with van der Waals surface area (Å²) >= 11 is 3.32. The Hall–Kier alpha value is -0.710. The van der Waals surface area contributed by atoms with E-state index in [1.54, 1.807) is 23.1 Å². The van der Waals surface area contributed by atoms with Crippen LogP contribution < -0.4 is 5.73 Å². The fourth-order valence-corrected chi connectivity index (χ4v) is 3.42. The van der Waals surface area contributed by atoms with E-state index in [4.69, 9.17) is 5.73 Å². The van der Waals surface area contributed by atoms with Crippen LogP contribution in [0.2, 0.25) is 0 Å². The van der Waals surface area contributed by atoms with Gasteiger partial charge in [-0.3, -0.25) is 0 Å². The molecule has 1 heterocycles. The molecule has 0 saturated carbocycles. The Bertz CT molecular complexity index is 464. The average molecular weight is 225 g/mol. The van der Waals surface area contributed by atoms with Gasteiger partial charge in [-0.2, -0.15) is 0 Å². The summed E-state index contributed by atoms with van der Waals surface area (Å²) < 4.78 is 1.18. The first-order chi connectivity index (χ1) is 6.77. The van der Waals surface area contributed by atoms with Gasteiger partial charge in [-0.15, -0.1) is 23.1 Å². The maximum Gasteiger partial charge on any atom is 0.0688 e. The molecule has 2 aromatic rings. The third kappa shape index (κ3) is 1.39. The van der Waals surface area contributed by atoms with Gasteiger partial charge in [-0.05, 0) is 34.7 Å². The summed E-state index contributed by atoms with van der Waals surface area (Å²) in [6.45, 7) is 0.0477. The van der Waals surface area contributed by atoms with E-state index in [1.165, 1.54) is 4.70 Å². The minimum Gasteiger partial charge on any atom is -0.398 e. The van der Waals surface area contributed by atoms with Gasteiger partial charge < -0.3 is 10.8 Å². The second kappa shape index (κ2) is 3.81. The Kier molecular flexibility index (Phi) is 2.67. The van der Waals surface area contributed by atoms with Crippen molar-refractivity contribution in [2.75, 3.05) is 12.0 Å². The van der Waals surface area contributed by atoms with Crippen LogP contribution in [0.25, 0.3) is 10.1 Å². The molecular formula is C10H11NOS2. The number of nitrogens with two attached hydrogens (primary N) is 1. The maximum atomic E-state index is 9.18. The topological polar surface area (TPSA) is 46.2 Å². The molecule has 0 radical (unpaired) electrons. The molecule has 0 amide bonds. The molecule has 1 aromatic heterocycles. The number of thiophene rings is 1. The largest absolute Gasteiger partial charge is 0.398 e. The van der Waals surface area contributed by atoms with Crippen molar-refractivity contribution in [2.45, 2.75) is 11.5 Å². The minimum absolute atomic E-state index is 0.0477. The van der Waals surface area contributed by atoms with Crippen LogP contribution in [0.15, 0.2) is 22.4 Å². The van der Waals surface area contributed by atoms with Gasteiger partial charge in [0.15, 0.2) is 0 Å². The fourth-order valence-electron chi connectivity index (χ4n) is 1.54. The van der Waals surface area contributed by atoms with Crippen LogP contribution in [0, 0.1) is 0 Å². The van der Waals surface area contributed by atoms with Crippen molar-refractivity contribution in [2.24, 2.45) is 0 Å². The molecule has 0 atom stereocenters. The highest BCUT2D eigenvalue weighted by Gasteiger charge is 2.09. The molecule has 0 bridgehead atoms. The van der Waals surface area contributed by atoms with E-state index >= 15 is 0 Å². The Morgan fingerprint density at radius 1 is 1.57 bits per heavy atom. The molecular weight excluding hydrogens is 214 g/mol. The molecule has 0 aliphatic carbocycles. The van der Waals surface area contributed by atoms with E-state index in [0.717, 1.165) is 21.5 Å². The maximum absolute atomic E-state index is 9.18. The van der Waals surface area contributed by atoms with Gasteiger partial charge in [0.1, 0.15) is 0 Å². The Morgan fingerprint density at radius 3 is 3.00 bits per heavy atom. The highest BCUT2D eigenvalue weighted by molar-refractivity contribution is 7.99. The molecule has 2 rings (SSSR count). The summed E-state index contributed by atoms with van der Waals surface area (Å²) in [5.41, 5.74) is 7.58. The molecule has 0 spiro atoms. The van der Waals surface area contributed by atoms with Crippen molar-refractivity contribution in [3.8, 4) is 0 Å². The number of thioether (sulfide) groups is 1. The zero-order chi connectivity index (χ0) is 10.1. The summed E-state index contributed by atoms with van der Waals surface area (Å²) in [7, 11) is 0. The molecule has 0 saturated heterocycles. The Labute approximate surface area is 90.7 Å². The summed E-state index contributed by atoms with van der Waals surface area (Å²) in [4.78, 5) is 1.12. The highest BCUT2D eigenvalue weighted by atomic mass is 32.2. The summed E-state index contributed by atoms with van der Waals surface area (Å²) in [5, 5.41) is 12.3. The van der Waals surface area contributed by atoms with E-state index in [9.17, 15) is 5.11 Å². The predicted molar refractivity (Wildman–Crippen MR) is 63.9 cm³/mol. The summed E-state index contributed by atoms with van der Waals surface area (Å²) in [6, 6.07) is 3.89. The normalized spacial score (nSPS) is 11.0. The van der Waals surface area contributed by atoms with Crippen molar-refractivity contribution < 1.29 is 5.11 Å². The van der Waals surface area contributed by atoms with Crippen LogP contribution in [0.1, 0.15) is 5.56 Å². The smallest absolute Gasteiger partial charge is 0.0688 e. The monoisotopic (exact) mass is 225 g/mol. The first kappa shape index (κ1) is 9.83. The van der Waals surface area contributed by atoms with Crippen molar-refractivity contribution >= 4 is 38.9 Å². The standard InChI is InChI=1S/C10H11NOS2/c1-13-10-8(11)4-6(5-12)7-2-3-14-9(7)10/h2-4,12H,5,11H2,1H3. The molecule has 0 unspecified atom stereocenters. The van der Waals surface area contributed by atoms with Crippen molar-refractivity contribution in [1.29, 1.82) is 0 Å². The van der Waals surface area contributed by atoms with E-state index in [0.29, 0.717) is 0 Å². The number of aliphatic hydroxyl groups is 1. The SMILES string of the molecule is CSc1c(N)cc(CO)c2ccsc12. The second-order valence-corrected chi connectivity index (χ2v) is 4.71. The molecule has 3 N–H and O–H groups in total. The quantitative estimate of drug-likeness (QED) is 0.610. The number of fused-ring (bicyclic) bond motifs is 1. The van der Waals surface area contributed by atoms with Gasteiger partial charge in [0, 0.05) is 10.6 Å². The van der Waals surface area contributed by atoms with Gasteiger partial charge in [0.05, 0.1) is 11.3 Å². The fraction of sp³-hybridized carbons (Fsp3) is 0.200. The first-order valence-corrected chi connectivity index (χ1v) is 6.31. The van der Waals surface area contributed by atoms with Crippen LogP contribution in [-0.2, 0) is 6.61 Å². The molecule has 0 aliphatic rings. The molecule has 1 aromatic carbocycles. The number of rotatable bonds is 2. The third-order valence-electron chi connectivity index (χ3n) is 2.18. The number of anilines is 1. The lowest BCUT2D eigenvalue weighted by Crippen LogP contribution is -1.92. The Morgan fingerprint density at radius 2 is 2.36 bits per heavy atom. The second-order valence-electron chi connectivity index (χ2n) is 2.98. The van der Waals surface area contributed by atoms with E-state index in [2.05, 4.69) is 0 Å². The van der Waals surface area contributed by atoms with Gasteiger partial charge in [-0.25, -0.2) is 0 Å². The van der Waals surface area contributed by atoms with Gasteiger partial charge in [0.2, 0.25) is 0 Å². The first-order valence-electron chi connectivity index (χ1n) is 4.21. The third-order valence-corrected chi connectivity index (χ3v) is 4.09.